The van der Waals surface area contributed by atoms with Crippen LogP contribution in [-0.2, 0) is 4.79 Å². The molecule has 1 aromatic carbocycles. The molecule has 20 heavy (non-hydrogen) atoms. The van der Waals surface area contributed by atoms with Crippen molar-refractivity contribution in [2.24, 2.45) is 5.92 Å². The van der Waals surface area contributed by atoms with Crippen molar-refractivity contribution in [1.82, 2.24) is 0 Å². The summed E-state index contributed by atoms with van der Waals surface area (Å²) < 4.78 is 39.5. The summed E-state index contributed by atoms with van der Waals surface area (Å²) in [6.07, 6.45) is -0.788. The van der Waals surface area contributed by atoms with Gasteiger partial charge < -0.3 is 5.73 Å². The van der Waals surface area contributed by atoms with Crippen molar-refractivity contribution in [3.8, 4) is 0 Å². The van der Waals surface area contributed by atoms with Gasteiger partial charge in [-0.25, -0.2) is 0 Å². The van der Waals surface area contributed by atoms with E-state index >= 15 is 0 Å². The fourth-order valence-corrected chi connectivity index (χ4v) is 2.86. The van der Waals surface area contributed by atoms with E-state index in [9.17, 15) is 18.0 Å². The van der Waals surface area contributed by atoms with E-state index in [2.05, 4.69) is 0 Å². The first kappa shape index (κ1) is 14.9. The summed E-state index contributed by atoms with van der Waals surface area (Å²) in [5.41, 5.74) is 5.85. The van der Waals surface area contributed by atoms with Crippen LogP contribution in [-0.4, -0.2) is 12.0 Å². The van der Waals surface area contributed by atoms with Gasteiger partial charge in [0, 0.05) is 12.1 Å². The average Bonchev–Trinajstić information content (AvgIpc) is 2.83. The predicted octanol–water partition coefficient (Wildman–Crippen LogP) is 4.06. The smallest absolute Gasteiger partial charge is 0.399 e. The number of hydrogen-bond donors (Lipinski definition) is 1. The minimum absolute atomic E-state index is 0.0188. The zero-order valence-electron chi connectivity index (χ0n) is 11.1. The normalized spacial score (nSPS) is 18.1. The molecule has 2 rings (SSSR count). The lowest BCUT2D eigenvalue weighted by Gasteiger charge is -2.21. The van der Waals surface area contributed by atoms with Crippen LogP contribution in [0.1, 0.15) is 43.6 Å². The van der Waals surface area contributed by atoms with Crippen LogP contribution in [0.25, 0.3) is 0 Å². The second-order valence-electron chi connectivity index (χ2n) is 5.46. The summed E-state index contributed by atoms with van der Waals surface area (Å²) in [7, 11) is 0. The van der Waals surface area contributed by atoms with Crippen LogP contribution in [0.3, 0.4) is 0 Å². The van der Waals surface area contributed by atoms with Crippen molar-refractivity contribution in [1.29, 1.82) is 0 Å². The minimum Gasteiger partial charge on any atom is -0.399 e. The molecule has 0 aliphatic heterocycles. The number of nitrogens with two attached hydrogens (primary N) is 1. The molecule has 1 fully saturated rings. The van der Waals surface area contributed by atoms with Gasteiger partial charge in [-0.1, -0.05) is 37.8 Å². The van der Waals surface area contributed by atoms with Crippen molar-refractivity contribution >= 4 is 11.5 Å². The van der Waals surface area contributed by atoms with Gasteiger partial charge in [0.15, 0.2) is 0 Å². The monoisotopic (exact) mass is 285 g/mol. The van der Waals surface area contributed by atoms with Crippen molar-refractivity contribution in [3.05, 3.63) is 29.8 Å². The second-order valence-corrected chi connectivity index (χ2v) is 5.46. The number of Topliss-reactive ketones (excluding diaryl/α,β-unsaturated/α-hetero) is 1. The van der Waals surface area contributed by atoms with Gasteiger partial charge in [0.05, 0.1) is 0 Å². The highest BCUT2D eigenvalue weighted by atomic mass is 19.4. The summed E-state index contributed by atoms with van der Waals surface area (Å²) in [5, 5.41) is 0. The molecule has 1 saturated carbocycles. The Labute approximate surface area is 116 Å². The molecule has 1 aromatic rings. The molecule has 2 nitrogen and oxygen atoms in total. The maximum atomic E-state index is 13.2. The number of carbonyl (C=O) groups excluding carboxylic acids is 1. The van der Waals surface area contributed by atoms with Crippen molar-refractivity contribution in [2.75, 3.05) is 5.73 Å². The third kappa shape index (κ3) is 3.52. The molecular weight excluding hydrogens is 267 g/mol. The van der Waals surface area contributed by atoms with E-state index in [0.29, 0.717) is 5.69 Å². The highest BCUT2D eigenvalue weighted by molar-refractivity contribution is 5.87. The molecule has 0 bridgehead atoms. The average molecular weight is 285 g/mol. The lowest BCUT2D eigenvalue weighted by molar-refractivity contribution is -0.164. The highest BCUT2D eigenvalue weighted by Crippen LogP contribution is 2.39. The van der Waals surface area contributed by atoms with Gasteiger partial charge in [-0.05, 0) is 23.6 Å². The van der Waals surface area contributed by atoms with Crippen LogP contribution in [0, 0.1) is 5.92 Å². The number of anilines is 1. The molecule has 0 radical (unpaired) electrons. The van der Waals surface area contributed by atoms with E-state index in [1.165, 1.54) is 24.3 Å². The molecule has 110 valence electrons. The van der Waals surface area contributed by atoms with Gasteiger partial charge >= 0.3 is 6.18 Å². The Hall–Kier alpha value is -1.52. The van der Waals surface area contributed by atoms with Crippen LogP contribution in [0.5, 0.6) is 0 Å². The maximum absolute atomic E-state index is 13.2. The summed E-state index contributed by atoms with van der Waals surface area (Å²) in [6.45, 7) is 0. The SMILES string of the molecule is Nc1ccc(C(C(=O)CC2CCCC2)C(F)(F)F)cc1. The highest BCUT2D eigenvalue weighted by Gasteiger charge is 2.45. The van der Waals surface area contributed by atoms with Crippen molar-refractivity contribution < 1.29 is 18.0 Å². The first-order valence-electron chi connectivity index (χ1n) is 6.83. The first-order chi connectivity index (χ1) is 9.38. The van der Waals surface area contributed by atoms with E-state index < -0.39 is 17.9 Å². The van der Waals surface area contributed by atoms with E-state index in [0.717, 1.165) is 25.7 Å². The summed E-state index contributed by atoms with van der Waals surface area (Å²) in [6, 6.07) is 5.38. The molecule has 0 heterocycles. The van der Waals surface area contributed by atoms with Gasteiger partial charge in [-0.15, -0.1) is 0 Å². The number of nitrogen functional groups attached to an aromatic ring is 1. The Kier molecular flexibility index (Phi) is 4.35. The summed E-state index contributed by atoms with van der Waals surface area (Å²) in [4.78, 5) is 12.1. The fraction of sp³-hybridized carbons (Fsp3) is 0.533. The van der Waals surface area contributed by atoms with E-state index in [4.69, 9.17) is 5.73 Å². The van der Waals surface area contributed by atoms with Gasteiger partial charge in [-0.2, -0.15) is 13.2 Å². The lowest BCUT2D eigenvalue weighted by Crippen LogP contribution is -2.29. The number of carbonyl (C=O) groups is 1. The van der Waals surface area contributed by atoms with Gasteiger partial charge in [0.2, 0.25) is 0 Å². The molecule has 0 saturated heterocycles. The standard InChI is InChI=1S/C15H18F3NO/c16-15(17,18)14(11-5-7-12(19)8-6-11)13(20)9-10-3-1-2-4-10/h5-8,10,14H,1-4,9,19H2. The van der Waals surface area contributed by atoms with Crippen LogP contribution >= 0.6 is 0 Å². The van der Waals surface area contributed by atoms with Crippen LogP contribution in [0.4, 0.5) is 18.9 Å². The van der Waals surface area contributed by atoms with Crippen molar-refractivity contribution in [2.45, 2.75) is 44.2 Å². The number of halogens is 3. The maximum Gasteiger partial charge on any atom is 0.402 e. The van der Waals surface area contributed by atoms with Crippen molar-refractivity contribution in [3.63, 3.8) is 0 Å². The molecule has 0 aromatic heterocycles. The molecule has 0 spiro atoms. The van der Waals surface area contributed by atoms with Crippen LogP contribution < -0.4 is 5.73 Å². The summed E-state index contributed by atoms with van der Waals surface area (Å²) >= 11 is 0. The number of benzene rings is 1. The topological polar surface area (TPSA) is 43.1 Å². The molecule has 1 unspecified atom stereocenters. The molecule has 0 amide bonds. The summed E-state index contributed by atoms with van der Waals surface area (Å²) in [5.74, 6) is -2.64. The van der Waals surface area contributed by atoms with E-state index in [1.807, 2.05) is 0 Å². The minimum atomic E-state index is -4.55. The number of rotatable bonds is 4. The molecule has 1 aliphatic rings. The zero-order chi connectivity index (χ0) is 14.8. The van der Waals surface area contributed by atoms with E-state index in [1.54, 1.807) is 0 Å². The molecular formula is C15H18F3NO. The number of alkyl halides is 3. The lowest BCUT2D eigenvalue weighted by atomic mass is 9.88. The Morgan fingerprint density at radius 2 is 1.75 bits per heavy atom. The van der Waals surface area contributed by atoms with Crippen LogP contribution in [0.2, 0.25) is 0 Å². The Balaban J connectivity index is 2.18. The molecule has 5 heteroatoms. The Bertz CT molecular complexity index is 461. The Morgan fingerprint density at radius 1 is 1.20 bits per heavy atom. The molecule has 1 aliphatic carbocycles. The van der Waals surface area contributed by atoms with Gasteiger partial charge in [-0.3, -0.25) is 4.79 Å². The third-order valence-corrected chi connectivity index (χ3v) is 3.88. The van der Waals surface area contributed by atoms with Gasteiger partial charge in [0.25, 0.3) is 0 Å². The second kappa shape index (κ2) is 5.85. The number of ketones is 1. The Morgan fingerprint density at radius 3 is 2.25 bits per heavy atom. The molecule has 2 N–H and O–H groups in total. The van der Waals surface area contributed by atoms with E-state index in [-0.39, 0.29) is 17.9 Å². The quantitative estimate of drug-likeness (QED) is 0.848. The fourth-order valence-electron chi connectivity index (χ4n) is 2.86. The zero-order valence-corrected chi connectivity index (χ0v) is 11.1. The molecule has 1 atom stereocenters. The van der Waals surface area contributed by atoms with Gasteiger partial charge in [0.1, 0.15) is 11.7 Å². The largest absolute Gasteiger partial charge is 0.402 e. The number of hydrogen-bond acceptors (Lipinski definition) is 2. The van der Waals surface area contributed by atoms with Crippen LogP contribution in [0.15, 0.2) is 24.3 Å². The first-order valence-corrected chi connectivity index (χ1v) is 6.83. The predicted molar refractivity (Wildman–Crippen MR) is 71.2 cm³/mol. The third-order valence-electron chi connectivity index (χ3n) is 3.88.